The van der Waals surface area contributed by atoms with Crippen LogP contribution in [0.25, 0.3) is 0 Å². The summed E-state index contributed by atoms with van der Waals surface area (Å²) in [6.07, 6.45) is 7.30. The molecular formula is C16H17ClN4O. The number of likely N-dealkylation sites (tertiary alicyclic amines) is 1. The molecule has 1 aliphatic rings. The van der Waals surface area contributed by atoms with Crippen LogP contribution >= 0.6 is 11.6 Å². The van der Waals surface area contributed by atoms with Gasteiger partial charge in [-0.05, 0) is 43.1 Å². The molecule has 0 aliphatic carbocycles. The number of anilines is 1. The van der Waals surface area contributed by atoms with Crippen LogP contribution in [0.1, 0.15) is 24.4 Å². The molecule has 2 aromatic rings. The highest BCUT2D eigenvalue weighted by Crippen LogP contribution is 2.30. The highest BCUT2D eigenvalue weighted by molar-refractivity contribution is 6.30. The number of nitrogens with one attached hydrogen (secondary N) is 1. The number of nitrogens with zero attached hydrogens (tertiary/aromatic N) is 3. The average Bonchev–Trinajstić information content (AvgIpc) is 2.98. The van der Waals surface area contributed by atoms with Crippen molar-refractivity contribution >= 4 is 23.3 Å². The Bertz CT molecular complexity index is 632. The van der Waals surface area contributed by atoms with Crippen molar-refractivity contribution in [3.05, 3.63) is 53.4 Å². The number of hydrogen-bond donors (Lipinski definition) is 1. The van der Waals surface area contributed by atoms with Crippen molar-refractivity contribution in [2.24, 2.45) is 0 Å². The van der Waals surface area contributed by atoms with Gasteiger partial charge in [0.2, 0.25) is 5.91 Å². The van der Waals surface area contributed by atoms with E-state index >= 15 is 0 Å². The molecule has 0 saturated carbocycles. The van der Waals surface area contributed by atoms with Crippen molar-refractivity contribution in [1.82, 2.24) is 14.9 Å². The van der Waals surface area contributed by atoms with E-state index in [9.17, 15) is 4.79 Å². The number of hydrogen-bond acceptors (Lipinski definition) is 4. The minimum Gasteiger partial charge on any atom is -0.310 e. The molecule has 1 fully saturated rings. The lowest BCUT2D eigenvalue weighted by molar-refractivity contribution is -0.117. The molecule has 3 rings (SSSR count). The Kier molecular flexibility index (Phi) is 4.65. The Morgan fingerprint density at radius 1 is 1.36 bits per heavy atom. The molecule has 0 bridgehead atoms. The van der Waals surface area contributed by atoms with E-state index in [2.05, 4.69) is 26.3 Å². The van der Waals surface area contributed by atoms with E-state index in [-0.39, 0.29) is 11.9 Å². The second kappa shape index (κ2) is 6.85. The maximum atomic E-state index is 12.2. The van der Waals surface area contributed by atoms with Crippen LogP contribution in [0.4, 0.5) is 5.82 Å². The topological polar surface area (TPSA) is 58.1 Å². The molecule has 1 unspecified atom stereocenters. The van der Waals surface area contributed by atoms with E-state index in [1.807, 2.05) is 12.3 Å². The molecule has 0 spiro atoms. The first-order chi connectivity index (χ1) is 10.7. The Labute approximate surface area is 134 Å². The van der Waals surface area contributed by atoms with Gasteiger partial charge in [-0.3, -0.25) is 14.7 Å². The fourth-order valence-corrected chi connectivity index (χ4v) is 2.89. The quantitative estimate of drug-likeness (QED) is 0.942. The summed E-state index contributed by atoms with van der Waals surface area (Å²) in [6.45, 7) is 1.27. The fourth-order valence-electron chi connectivity index (χ4n) is 2.78. The minimum atomic E-state index is -0.0642. The molecule has 1 aliphatic heterocycles. The van der Waals surface area contributed by atoms with Gasteiger partial charge in [-0.15, -0.1) is 0 Å². The summed E-state index contributed by atoms with van der Waals surface area (Å²) in [5.74, 6) is 0.456. The van der Waals surface area contributed by atoms with Gasteiger partial charge in [-0.2, -0.15) is 0 Å². The summed E-state index contributed by atoms with van der Waals surface area (Å²) in [6, 6.07) is 7.66. The third-order valence-electron chi connectivity index (χ3n) is 3.77. The van der Waals surface area contributed by atoms with Gasteiger partial charge in [-0.25, -0.2) is 4.98 Å². The number of pyridine rings is 2. The van der Waals surface area contributed by atoms with E-state index in [0.717, 1.165) is 24.9 Å². The van der Waals surface area contributed by atoms with Gasteiger partial charge in [0.15, 0.2) is 0 Å². The lowest BCUT2D eigenvalue weighted by Crippen LogP contribution is -2.33. The van der Waals surface area contributed by atoms with Crippen molar-refractivity contribution in [3.8, 4) is 0 Å². The lowest BCUT2D eigenvalue weighted by atomic mass is 10.1. The van der Waals surface area contributed by atoms with Crippen LogP contribution in [0.2, 0.25) is 5.02 Å². The van der Waals surface area contributed by atoms with Gasteiger partial charge < -0.3 is 5.32 Å². The smallest absolute Gasteiger partial charge is 0.239 e. The zero-order valence-electron chi connectivity index (χ0n) is 12.1. The molecule has 1 atom stereocenters. The molecule has 1 amide bonds. The van der Waals surface area contributed by atoms with Crippen LogP contribution in [0, 0.1) is 0 Å². The molecule has 3 heterocycles. The van der Waals surface area contributed by atoms with E-state index in [1.165, 1.54) is 6.20 Å². The third kappa shape index (κ3) is 3.61. The van der Waals surface area contributed by atoms with E-state index < -0.39 is 0 Å². The van der Waals surface area contributed by atoms with Crippen molar-refractivity contribution in [3.63, 3.8) is 0 Å². The fraction of sp³-hybridized carbons (Fsp3) is 0.312. The van der Waals surface area contributed by atoms with Crippen molar-refractivity contribution in [2.75, 3.05) is 18.4 Å². The standard InChI is InChI=1S/C16H17ClN4O/c17-13-5-6-15(19-10-13)20-16(22)11-21-8-2-4-14(21)12-3-1-7-18-9-12/h1,3,5-7,9-10,14H,2,4,8,11H2,(H,19,20,22). The Morgan fingerprint density at radius 2 is 2.27 bits per heavy atom. The van der Waals surface area contributed by atoms with Crippen LogP contribution in [0.5, 0.6) is 0 Å². The molecule has 5 nitrogen and oxygen atoms in total. The number of rotatable bonds is 4. The molecule has 1 saturated heterocycles. The molecule has 1 N–H and O–H groups in total. The molecule has 0 aromatic carbocycles. The van der Waals surface area contributed by atoms with Crippen molar-refractivity contribution in [1.29, 1.82) is 0 Å². The summed E-state index contributed by atoms with van der Waals surface area (Å²) in [7, 11) is 0. The van der Waals surface area contributed by atoms with Gasteiger partial charge in [-0.1, -0.05) is 17.7 Å². The second-order valence-electron chi connectivity index (χ2n) is 5.32. The molecule has 6 heteroatoms. The highest BCUT2D eigenvalue weighted by Gasteiger charge is 2.27. The van der Waals surface area contributed by atoms with Gasteiger partial charge in [0, 0.05) is 24.6 Å². The van der Waals surface area contributed by atoms with Crippen LogP contribution < -0.4 is 5.32 Å². The van der Waals surface area contributed by atoms with Crippen molar-refractivity contribution in [2.45, 2.75) is 18.9 Å². The first-order valence-corrected chi connectivity index (χ1v) is 7.65. The van der Waals surface area contributed by atoms with Gasteiger partial charge in [0.1, 0.15) is 5.82 Å². The molecule has 114 valence electrons. The van der Waals surface area contributed by atoms with Crippen LogP contribution in [-0.4, -0.2) is 33.9 Å². The van der Waals surface area contributed by atoms with Crippen molar-refractivity contribution < 1.29 is 4.79 Å². The molecular weight excluding hydrogens is 300 g/mol. The first kappa shape index (κ1) is 14.9. The number of aromatic nitrogens is 2. The maximum Gasteiger partial charge on any atom is 0.239 e. The second-order valence-corrected chi connectivity index (χ2v) is 5.76. The summed E-state index contributed by atoms with van der Waals surface area (Å²) < 4.78 is 0. The average molecular weight is 317 g/mol. The number of halogens is 1. The minimum absolute atomic E-state index is 0.0642. The number of carbonyl (C=O) groups excluding carboxylic acids is 1. The molecule has 2 aromatic heterocycles. The van der Waals surface area contributed by atoms with E-state index in [4.69, 9.17) is 11.6 Å². The largest absolute Gasteiger partial charge is 0.310 e. The van der Waals surface area contributed by atoms with Gasteiger partial charge >= 0.3 is 0 Å². The van der Waals surface area contributed by atoms with Crippen LogP contribution in [-0.2, 0) is 4.79 Å². The Morgan fingerprint density at radius 3 is 3.00 bits per heavy atom. The van der Waals surface area contributed by atoms with Gasteiger partial charge in [0.05, 0.1) is 11.6 Å². The monoisotopic (exact) mass is 316 g/mol. The molecule has 22 heavy (non-hydrogen) atoms. The highest BCUT2D eigenvalue weighted by atomic mass is 35.5. The van der Waals surface area contributed by atoms with E-state index in [0.29, 0.717) is 17.4 Å². The summed E-state index contributed by atoms with van der Waals surface area (Å²) in [5, 5.41) is 3.35. The maximum absolute atomic E-state index is 12.2. The Balaban J connectivity index is 1.62. The van der Waals surface area contributed by atoms with Gasteiger partial charge in [0.25, 0.3) is 0 Å². The zero-order chi connectivity index (χ0) is 15.4. The summed E-state index contributed by atoms with van der Waals surface area (Å²) in [4.78, 5) is 22.6. The van der Waals surface area contributed by atoms with Crippen LogP contribution in [0.15, 0.2) is 42.9 Å². The molecule has 0 radical (unpaired) electrons. The van der Waals surface area contributed by atoms with E-state index in [1.54, 1.807) is 18.3 Å². The number of amides is 1. The summed E-state index contributed by atoms with van der Waals surface area (Å²) in [5.41, 5.74) is 1.16. The normalized spacial score (nSPS) is 18.3. The predicted molar refractivity (Wildman–Crippen MR) is 85.7 cm³/mol. The first-order valence-electron chi connectivity index (χ1n) is 7.28. The SMILES string of the molecule is O=C(CN1CCCC1c1cccnc1)Nc1ccc(Cl)cn1. The van der Waals surface area contributed by atoms with Crippen LogP contribution in [0.3, 0.4) is 0 Å². The zero-order valence-corrected chi connectivity index (χ0v) is 12.8. The Hall–Kier alpha value is -1.98. The lowest BCUT2D eigenvalue weighted by Gasteiger charge is -2.23. The predicted octanol–water partition coefficient (Wildman–Crippen LogP) is 2.91. The third-order valence-corrected chi connectivity index (χ3v) is 4.00. The summed E-state index contributed by atoms with van der Waals surface area (Å²) >= 11 is 5.78. The number of carbonyl (C=O) groups is 1.